The molecular weight excluding hydrogens is 408 g/mol. The Morgan fingerprint density at radius 2 is 1.53 bits per heavy atom. The summed E-state index contributed by atoms with van der Waals surface area (Å²) >= 11 is 0. The molecule has 0 radical (unpaired) electrons. The minimum absolute atomic E-state index is 0.0500. The fourth-order valence-electron chi connectivity index (χ4n) is 4.76. The molecule has 3 aliphatic rings. The SMILES string of the molecule is COC(=O)C1CCN(C(=O)CN2CCN(S(=O)(=O)N(C)C3CCCCC3)CC2)CC1. The van der Waals surface area contributed by atoms with Gasteiger partial charge in [0.1, 0.15) is 0 Å². The highest BCUT2D eigenvalue weighted by Crippen LogP contribution is 2.25. The van der Waals surface area contributed by atoms with E-state index in [9.17, 15) is 18.0 Å². The van der Waals surface area contributed by atoms with E-state index in [0.29, 0.717) is 58.7 Å². The molecule has 2 saturated heterocycles. The lowest BCUT2D eigenvalue weighted by Crippen LogP contribution is -2.55. The zero-order valence-electron chi connectivity index (χ0n) is 18.3. The number of piperidine rings is 1. The van der Waals surface area contributed by atoms with E-state index < -0.39 is 10.2 Å². The molecule has 10 heteroatoms. The first-order valence-corrected chi connectivity index (χ1v) is 12.5. The monoisotopic (exact) mass is 444 g/mol. The molecule has 3 rings (SSSR count). The number of carbonyl (C=O) groups is 2. The van der Waals surface area contributed by atoms with Gasteiger partial charge in [0.05, 0.1) is 19.6 Å². The third-order valence-corrected chi connectivity index (χ3v) is 8.90. The summed E-state index contributed by atoms with van der Waals surface area (Å²) in [6.45, 7) is 3.38. The lowest BCUT2D eigenvalue weighted by molar-refractivity contribution is -0.149. The number of ether oxygens (including phenoxy) is 1. The predicted octanol–water partition coefficient (Wildman–Crippen LogP) is 0.525. The number of hydrogen-bond acceptors (Lipinski definition) is 6. The van der Waals surface area contributed by atoms with Gasteiger partial charge in [-0.05, 0) is 25.7 Å². The normalized spacial score (nSPS) is 23.6. The van der Waals surface area contributed by atoms with Crippen LogP contribution in [0.3, 0.4) is 0 Å². The fourth-order valence-corrected chi connectivity index (χ4v) is 6.33. The van der Waals surface area contributed by atoms with Gasteiger partial charge in [0.25, 0.3) is 10.2 Å². The highest BCUT2D eigenvalue weighted by Gasteiger charge is 2.35. The Hall–Kier alpha value is -1.23. The van der Waals surface area contributed by atoms with E-state index in [1.807, 2.05) is 4.90 Å². The van der Waals surface area contributed by atoms with Crippen LogP contribution in [0.2, 0.25) is 0 Å². The molecule has 172 valence electrons. The minimum atomic E-state index is -3.45. The maximum atomic E-state index is 13.0. The van der Waals surface area contributed by atoms with E-state index in [4.69, 9.17) is 4.74 Å². The van der Waals surface area contributed by atoms with Gasteiger partial charge < -0.3 is 9.64 Å². The molecule has 0 aromatic heterocycles. The first kappa shape index (κ1) is 23.4. The molecule has 2 aliphatic heterocycles. The third-order valence-electron chi connectivity index (χ3n) is 6.85. The van der Waals surface area contributed by atoms with Crippen molar-refractivity contribution < 1.29 is 22.7 Å². The van der Waals surface area contributed by atoms with Crippen LogP contribution in [0.25, 0.3) is 0 Å². The van der Waals surface area contributed by atoms with Crippen molar-refractivity contribution in [3.8, 4) is 0 Å². The Balaban J connectivity index is 1.44. The predicted molar refractivity (Wildman–Crippen MR) is 113 cm³/mol. The van der Waals surface area contributed by atoms with E-state index in [1.54, 1.807) is 20.6 Å². The standard InChI is InChI=1S/C20H36N4O5S/c1-21(18-6-4-3-5-7-18)30(27,28)24-14-12-22(13-15-24)16-19(25)23-10-8-17(9-11-23)20(26)29-2/h17-18H,3-16H2,1-2H3. The van der Waals surface area contributed by atoms with Crippen molar-refractivity contribution in [3.05, 3.63) is 0 Å². The Bertz CT molecular complexity index is 694. The van der Waals surface area contributed by atoms with Crippen molar-refractivity contribution in [3.63, 3.8) is 0 Å². The Labute approximate surface area is 180 Å². The Morgan fingerprint density at radius 3 is 2.10 bits per heavy atom. The summed E-state index contributed by atoms with van der Waals surface area (Å²) in [7, 11) is -0.347. The van der Waals surface area contributed by atoms with E-state index >= 15 is 0 Å². The number of amides is 1. The van der Waals surface area contributed by atoms with Gasteiger partial charge in [-0.15, -0.1) is 0 Å². The molecule has 2 heterocycles. The van der Waals surface area contributed by atoms with Crippen molar-refractivity contribution in [2.24, 2.45) is 5.92 Å². The first-order chi connectivity index (χ1) is 14.3. The average Bonchev–Trinajstić information content (AvgIpc) is 2.79. The van der Waals surface area contributed by atoms with Crippen LogP contribution in [0.1, 0.15) is 44.9 Å². The van der Waals surface area contributed by atoms with Gasteiger partial charge in [0.15, 0.2) is 0 Å². The lowest BCUT2D eigenvalue weighted by Gasteiger charge is -2.39. The summed E-state index contributed by atoms with van der Waals surface area (Å²) in [4.78, 5) is 28.1. The van der Waals surface area contributed by atoms with Gasteiger partial charge in [-0.1, -0.05) is 19.3 Å². The second-order valence-corrected chi connectivity index (χ2v) is 10.7. The zero-order valence-corrected chi connectivity index (χ0v) is 19.1. The second kappa shape index (κ2) is 10.4. The van der Waals surface area contributed by atoms with Crippen LogP contribution < -0.4 is 0 Å². The molecular formula is C20H36N4O5S. The van der Waals surface area contributed by atoms with Gasteiger partial charge in [0.2, 0.25) is 5.91 Å². The lowest BCUT2D eigenvalue weighted by atomic mass is 9.96. The van der Waals surface area contributed by atoms with Gasteiger partial charge in [-0.3, -0.25) is 14.5 Å². The molecule has 1 amide bonds. The van der Waals surface area contributed by atoms with Crippen LogP contribution in [-0.4, -0.2) is 105 Å². The first-order valence-electron chi connectivity index (χ1n) is 11.1. The number of nitrogens with zero attached hydrogens (tertiary/aromatic N) is 4. The Morgan fingerprint density at radius 1 is 0.933 bits per heavy atom. The summed E-state index contributed by atoms with van der Waals surface area (Å²) in [5, 5.41) is 0. The quantitative estimate of drug-likeness (QED) is 0.555. The van der Waals surface area contributed by atoms with Crippen LogP contribution in [0, 0.1) is 5.92 Å². The van der Waals surface area contributed by atoms with Crippen molar-refractivity contribution >= 4 is 22.1 Å². The number of carbonyl (C=O) groups excluding carboxylic acids is 2. The van der Waals surface area contributed by atoms with Crippen LogP contribution >= 0.6 is 0 Å². The van der Waals surface area contributed by atoms with Gasteiger partial charge >= 0.3 is 5.97 Å². The fraction of sp³-hybridized carbons (Fsp3) is 0.900. The number of esters is 1. The smallest absolute Gasteiger partial charge is 0.308 e. The number of hydrogen-bond donors (Lipinski definition) is 0. The summed E-state index contributed by atoms with van der Waals surface area (Å²) < 4.78 is 33.9. The highest BCUT2D eigenvalue weighted by molar-refractivity contribution is 7.86. The number of likely N-dealkylation sites (tertiary alicyclic amines) is 1. The van der Waals surface area contributed by atoms with E-state index in [1.165, 1.54) is 13.5 Å². The number of piperazine rings is 1. The molecule has 0 atom stereocenters. The van der Waals surface area contributed by atoms with Gasteiger partial charge in [-0.25, -0.2) is 0 Å². The van der Waals surface area contributed by atoms with E-state index in [-0.39, 0.29) is 23.8 Å². The second-order valence-electron chi connectivity index (χ2n) is 8.67. The van der Waals surface area contributed by atoms with Crippen molar-refractivity contribution in [2.75, 3.05) is 60.0 Å². The maximum Gasteiger partial charge on any atom is 0.308 e. The van der Waals surface area contributed by atoms with Crippen molar-refractivity contribution in [2.45, 2.75) is 51.0 Å². The molecule has 9 nitrogen and oxygen atoms in total. The van der Waals surface area contributed by atoms with Crippen LogP contribution in [-0.2, 0) is 24.5 Å². The molecule has 3 fully saturated rings. The average molecular weight is 445 g/mol. The molecule has 0 N–H and O–H groups in total. The molecule has 0 unspecified atom stereocenters. The van der Waals surface area contributed by atoms with E-state index in [2.05, 4.69) is 0 Å². The summed E-state index contributed by atoms with van der Waals surface area (Å²) in [5.41, 5.74) is 0. The summed E-state index contributed by atoms with van der Waals surface area (Å²) in [6.07, 6.45) is 6.54. The topological polar surface area (TPSA) is 90.5 Å². The molecule has 0 aromatic carbocycles. The molecule has 1 aliphatic carbocycles. The molecule has 1 saturated carbocycles. The maximum absolute atomic E-state index is 13.0. The highest BCUT2D eigenvalue weighted by atomic mass is 32.2. The Kier molecular flexibility index (Phi) is 8.11. The third kappa shape index (κ3) is 5.52. The van der Waals surface area contributed by atoms with Crippen LogP contribution in [0.5, 0.6) is 0 Å². The van der Waals surface area contributed by atoms with Crippen molar-refractivity contribution in [1.82, 2.24) is 18.4 Å². The number of rotatable bonds is 6. The molecule has 0 aromatic rings. The zero-order chi connectivity index (χ0) is 21.7. The van der Waals surface area contributed by atoms with Gasteiger partial charge in [0, 0.05) is 52.4 Å². The molecule has 0 bridgehead atoms. The van der Waals surface area contributed by atoms with Gasteiger partial charge in [-0.2, -0.15) is 17.0 Å². The molecule has 30 heavy (non-hydrogen) atoms. The largest absolute Gasteiger partial charge is 0.469 e. The van der Waals surface area contributed by atoms with E-state index in [0.717, 1.165) is 25.7 Å². The summed E-state index contributed by atoms with van der Waals surface area (Å²) in [6, 6.07) is 0.108. The van der Waals surface area contributed by atoms with Crippen molar-refractivity contribution in [1.29, 1.82) is 0 Å². The minimum Gasteiger partial charge on any atom is -0.469 e. The summed E-state index contributed by atoms with van der Waals surface area (Å²) in [5.74, 6) is -0.263. The van der Waals surface area contributed by atoms with Crippen LogP contribution in [0.15, 0.2) is 0 Å². The molecule has 0 spiro atoms. The number of methoxy groups -OCH3 is 1. The van der Waals surface area contributed by atoms with Crippen LogP contribution in [0.4, 0.5) is 0 Å².